The Bertz CT molecular complexity index is 852. The SMILES string of the molecule is Cc1ccc(-c2nnn(CC(O)COc3cc(Cl)ccc3Cl)n2)cc1. The summed E-state index contributed by atoms with van der Waals surface area (Å²) in [5.41, 5.74) is 2.02. The number of benzene rings is 2. The van der Waals surface area contributed by atoms with Crippen molar-refractivity contribution in [2.75, 3.05) is 6.61 Å². The third-order valence-corrected chi connectivity index (χ3v) is 4.01. The van der Waals surface area contributed by atoms with Crippen molar-refractivity contribution in [3.8, 4) is 17.1 Å². The molecule has 130 valence electrons. The van der Waals surface area contributed by atoms with Crippen LogP contribution in [0, 0.1) is 6.92 Å². The van der Waals surface area contributed by atoms with Crippen molar-refractivity contribution in [2.45, 2.75) is 19.6 Å². The van der Waals surface area contributed by atoms with Crippen LogP contribution in [0.2, 0.25) is 10.0 Å². The van der Waals surface area contributed by atoms with Crippen molar-refractivity contribution >= 4 is 23.2 Å². The van der Waals surface area contributed by atoms with Gasteiger partial charge in [0, 0.05) is 16.7 Å². The standard InChI is InChI=1S/C17H16Cl2N4O2/c1-11-2-4-12(5-3-11)17-20-22-23(21-17)9-14(24)10-25-16-8-13(18)6-7-15(16)19/h2-8,14,24H,9-10H2,1H3. The first-order valence-electron chi connectivity index (χ1n) is 7.62. The summed E-state index contributed by atoms with van der Waals surface area (Å²) in [6, 6.07) is 12.7. The van der Waals surface area contributed by atoms with E-state index in [1.165, 1.54) is 4.80 Å². The monoisotopic (exact) mass is 378 g/mol. The summed E-state index contributed by atoms with van der Waals surface area (Å²) >= 11 is 11.9. The number of rotatable bonds is 6. The van der Waals surface area contributed by atoms with Gasteiger partial charge in [-0.15, -0.1) is 10.2 Å². The summed E-state index contributed by atoms with van der Waals surface area (Å²) in [4.78, 5) is 1.34. The Labute approximate surface area is 155 Å². The molecule has 1 unspecified atom stereocenters. The molecule has 1 heterocycles. The lowest BCUT2D eigenvalue weighted by Crippen LogP contribution is -2.25. The number of aryl methyl sites for hydroxylation is 1. The number of tetrazole rings is 1. The lowest BCUT2D eigenvalue weighted by atomic mass is 10.1. The number of hydrogen-bond donors (Lipinski definition) is 1. The van der Waals surface area contributed by atoms with Gasteiger partial charge in [0.25, 0.3) is 0 Å². The third kappa shape index (κ3) is 4.69. The zero-order valence-electron chi connectivity index (χ0n) is 13.4. The van der Waals surface area contributed by atoms with E-state index in [2.05, 4.69) is 15.4 Å². The molecule has 6 nitrogen and oxygen atoms in total. The molecule has 0 spiro atoms. The van der Waals surface area contributed by atoms with Gasteiger partial charge in [0.1, 0.15) is 18.5 Å². The number of aromatic nitrogens is 4. The number of halogens is 2. The van der Waals surface area contributed by atoms with E-state index >= 15 is 0 Å². The molecule has 25 heavy (non-hydrogen) atoms. The molecule has 1 atom stereocenters. The van der Waals surface area contributed by atoms with Gasteiger partial charge in [-0.1, -0.05) is 53.0 Å². The molecule has 0 amide bonds. The van der Waals surface area contributed by atoms with Gasteiger partial charge in [-0.25, -0.2) is 0 Å². The van der Waals surface area contributed by atoms with Gasteiger partial charge >= 0.3 is 0 Å². The molecule has 2 aromatic carbocycles. The van der Waals surface area contributed by atoms with Crippen molar-refractivity contribution in [1.82, 2.24) is 20.2 Å². The van der Waals surface area contributed by atoms with Crippen molar-refractivity contribution < 1.29 is 9.84 Å². The smallest absolute Gasteiger partial charge is 0.204 e. The van der Waals surface area contributed by atoms with E-state index < -0.39 is 6.10 Å². The number of aliphatic hydroxyl groups excluding tert-OH is 1. The second-order valence-corrected chi connectivity index (χ2v) is 6.42. The van der Waals surface area contributed by atoms with Gasteiger partial charge in [0.2, 0.25) is 5.82 Å². The Morgan fingerprint density at radius 3 is 2.68 bits per heavy atom. The highest BCUT2D eigenvalue weighted by molar-refractivity contribution is 6.34. The first-order valence-corrected chi connectivity index (χ1v) is 8.37. The fourth-order valence-corrected chi connectivity index (χ4v) is 2.49. The molecular formula is C17H16Cl2N4O2. The highest BCUT2D eigenvalue weighted by atomic mass is 35.5. The highest BCUT2D eigenvalue weighted by Crippen LogP contribution is 2.27. The van der Waals surface area contributed by atoms with Crippen LogP contribution < -0.4 is 4.74 Å². The summed E-state index contributed by atoms with van der Waals surface area (Å²) in [5, 5.41) is 23.3. The maximum Gasteiger partial charge on any atom is 0.204 e. The van der Waals surface area contributed by atoms with Crippen LogP contribution in [0.5, 0.6) is 5.75 Å². The molecule has 1 aromatic heterocycles. The summed E-state index contributed by atoms with van der Waals surface area (Å²) in [6.45, 7) is 2.19. The molecule has 1 N–H and O–H groups in total. The van der Waals surface area contributed by atoms with Crippen LogP contribution in [-0.2, 0) is 6.54 Å². The third-order valence-electron chi connectivity index (χ3n) is 3.46. The normalized spacial score (nSPS) is 12.2. The lowest BCUT2D eigenvalue weighted by Gasteiger charge is -2.12. The zero-order chi connectivity index (χ0) is 17.8. The van der Waals surface area contributed by atoms with Crippen molar-refractivity contribution in [3.05, 3.63) is 58.1 Å². The maximum absolute atomic E-state index is 10.1. The molecule has 0 saturated heterocycles. The Kier molecular flexibility index (Phi) is 5.53. The molecule has 8 heteroatoms. The summed E-state index contributed by atoms with van der Waals surface area (Å²) in [5.74, 6) is 0.922. The summed E-state index contributed by atoms with van der Waals surface area (Å²) in [6.07, 6.45) is -0.824. The predicted molar refractivity (Wildman–Crippen MR) is 96.0 cm³/mol. The van der Waals surface area contributed by atoms with Crippen molar-refractivity contribution in [3.63, 3.8) is 0 Å². The van der Waals surface area contributed by atoms with E-state index in [4.69, 9.17) is 27.9 Å². The molecule has 0 saturated carbocycles. The van der Waals surface area contributed by atoms with Crippen LogP contribution in [0.3, 0.4) is 0 Å². The Hall–Kier alpha value is -2.15. The Morgan fingerprint density at radius 1 is 1.16 bits per heavy atom. The minimum atomic E-state index is -0.824. The molecule has 3 rings (SSSR count). The highest BCUT2D eigenvalue weighted by Gasteiger charge is 2.12. The quantitative estimate of drug-likeness (QED) is 0.711. The Morgan fingerprint density at radius 2 is 1.92 bits per heavy atom. The fourth-order valence-electron chi connectivity index (χ4n) is 2.15. The van der Waals surface area contributed by atoms with E-state index in [0.717, 1.165) is 11.1 Å². The van der Waals surface area contributed by atoms with Crippen LogP contribution in [0.4, 0.5) is 0 Å². The van der Waals surface area contributed by atoms with Gasteiger partial charge in [-0.05, 0) is 24.3 Å². The minimum Gasteiger partial charge on any atom is -0.489 e. The average molecular weight is 379 g/mol. The Balaban J connectivity index is 1.59. The first kappa shape index (κ1) is 17.7. The molecule has 0 aliphatic carbocycles. The van der Waals surface area contributed by atoms with Gasteiger partial charge in [0.15, 0.2) is 0 Å². The molecular weight excluding hydrogens is 363 g/mol. The van der Waals surface area contributed by atoms with Crippen molar-refractivity contribution in [2.24, 2.45) is 0 Å². The minimum absolute atomic E-state index is 0.0292. The molecule has 3 aromatic rings. The van der Waals surface area contributed by atoms with Crippen LogP contribution in [0.1, 0.15) is 5.56 Å². The fraction of sp³-hybridized carbons (Fsp3) is 0.235. The second-order valence-electron chi connectivity index (χ2n) is 5.57. The van der Waals surface area contributed by atoms with E-state index in [9.17, 15) is 5.11 Å². The summed E-state index contributed by atoms with van der Waals surface area (Å²) < 4.78 is 5.50. The molecule has 0 bridgehead atoms. The average Bonchev–Trinajstić information content (AvgIpc) is 3.05. The van der Waals surface area contributed by atoms with Gasteiger partial charge in [-0.2, -0.15) is 4.80 Å². The zero-order valence-corrected chi connectivity index (χ0v) is 14.9. The predicted octanol–water partition coefficient (Wildman–Crippen LogP) is 3.40. The molecule has 0 fully saturated rings. The van der Waals surface area contributed by atoms with Crippen molar-refractivity contribution in [1.29, 1.82) is 0 Å². The topological polar surface area (TPSA) is 73.1 Å². The number of hydrogen-bond acceptors (Lipinski definition) is 5. The second kappa shape index (κ2) is 7.82. The first-order chi connectivity index (χ1) is 12.0. The summed E-state index contributed by atoms with van der Waals surface area (Å²) in [7, 11) is 0. The van der Waals surface area contributed by atoms with Crippen LogP contribution in [-0.4, -0.2) is 38.0 Å². The van der Waals surface area contributed by atoms with E-state index in [1.54, 1.807) is 18.2 Å². The van der Waals surface area contributed by atoms with Gasteiger partial charge in [0.05, 0.1) is 11.6 Å². The van der Waals surface area contributed by atoms with Crippen LogP contribution in [0.25, 0.3) is 11.4 Å². The molecule has 0 radical (unpaired) electrons. The molecule has 0 aliphatic heterocycles. The van der Waals surface area contributed by atoms with E-state index in [0.29, 0.717) is 21.6 Å². The van der Waals surface area contributed by atoms with E-state index in [1.807, 2.05) is 31.2 Å². The van der Waals surface area contributed by atoms with Crippen LogP contribution >= 0.6 is 23.2 Å². The van der Waals surface area contributed by atoms with Crippen LogP contribution in [0.15, 0.2) is 42.5 Å². The lowest BCUT2D eigenvalue weighted by molar-refractivity contribution is 0.0850. The number of aliphatic hydroxyl groups is 1. The largest absolute Gasteiger partial charge is 0.489 e. The van der Waals surface area contributed by atoms with E-state index in [-0.39, 0.29) is 13.2 Å². The molecule has 0 aliphatic rings. The van der Waals surface area contributed by atoms with Gasteiger partial charge in [-0.3, -0.25) is 0 Å². The maximum atomic E-state index is 10.1. The number of nitrogens with zero attached hydrogens (tertiary/aromatic N) is 4. The van der Waals surface area contributed by atoms with Gasteiger partial charge < -0.3 is 9.84 Å². The number of ether oxygens (including phenoxy) is 1.